The smallest absolute Gasteiger partial charge is 0.365 e. The summed E-state index contributed by atoms with van der Waals surface area (Å²) in [6.45, 7) is 7.27. The topological polar surface area (TPSA) is 53.4 Å². The summed E-state index contributed by atoms with van der Waals surface area (Å²) < 4.78 is 0. The number of carboxylic acid groups (broad SMARTS) is 1. The molecule has 0 saturated carbocycles. The highest BCUT2D eigenvalue weighted by Gasteiger charge is 2.11. The number of carbonyl (C=O) groups is 1. The summed E-state index contributed by atoms with van der Waals surface area (Å²) in [5, 5.41) is 10.9. The minimum absolute atomic E-state index is 0.191. The van der Waals surface area contributed by atoms with E-state index in [-0.39, 0.29) is 5.01 Å². The lowest BCUT2D eigenvalue weighted by Gasteiger charge is -2.20. The van der Waals surface area contributed by atoms with Gasteiger partial charge in [0.2, 0.25) is 5.01 Å². The van der Waals surface area contributed by atoms with Crippen LogP contribution in [0.5, 0.6) is 0 Å². The number of rotatable bonds is 9. The Morgan fingerprint density at radius 3 is 2.39 bits per heavy atom. The predicted octanol–water partition coefficient (Wildman–Crippen LogP) is 3.24. The predicted molar refractivity (Wildman–Crippen MR) is 74.2 cm³/mol. The monoisotopic (exact) mass is 270 g/mol. The summed E-state index contributed by atoms with van der Waals surface area (Å²) in [6.07, 6.45) is 4.72. The number of nitrogens with zero attached hydrogens (tertiary/aromatic N) is 2. The molecule has 18 heavy (non-hydrogen) atoms. The lowest BCUT2D eigenvalue weighted by atomic mass is 10.2. The fourth-order valence-electron chi connectivity index (χ4n) is 1.74. The quantitative estimate of drug-likeness (QED) is 0.748. The van der Waals surface area contributed by atoms with Gasteiger partial charge in [0.15, 0.2) is 0 Å². The summed E-state index contributed by atoms with van der Waals surface area (Å²) in [6, 6.07) is 0. The van der Waals surface area contributed by atoms with Crippen molar-refractivity contribution in [3.63, 3.8) is 0 Å². The summed E-state index contributed by atoms with van der Waals surface area (Å²) in [7, 11) is 0. The highest BCUT2D eigenvalue weighted by Crippen LogP contribution is 2.12. The van der Waals surface area contributed by atoms with E-state index in [2.05, 4.69) is 23.7 Å². The standard InChI is InChI=1S/C13H22N2O2S/c1-3-5-7-15(8-6-4-2)9-11-10-18-12(14-11)13(16)17/h10H,3-9H2,1-2H3,(H,16,17). The van der Waals surface area contributed by atoms with E-state index in [1.165, 1.54) is 37.0 Å². The van der Waals surface area contributed by atoms with Crippen LogP contribution in [0.2, 0.25) is 0 Å². The van der Waals surface area contributed by atoms with Gasteiger partial charge in [0.05, 0.1) is 5.69 Å². The van der Waals surface area contributed by atoms with Gasteiger partial charge in [0.1, 0.15) is 0 Å². The maximum absolute atomic E-state index is 10.8. The van der Waals surface area contributed by atoms with Crippen molar-refractivity contribution in [1.29, 1.82) is 0 Å². The number of unbranched alkanes of at least 4 members (excludes halogenated alkanes) is 2. The summed E-state index contributed by atoms with van der Waals surface area (Å²) in [5.74, 6) is -0.931. The fraction of sp³-hybridized carbons (Fsp3) is 0.692. The molecule has 0 amide bonds. The number of carboxylic acids is 1. The van der Waals surface area contributed by atoms with Gasteiger partial charge in [-0.15, -0.1) is 11.3 Å². The van der Waals surface area contributed by atoms with Crippen LogP contribution in [0.3, 0.4) is 0 Å². The summed E-state index contributed by atoms with van der Waals surface area (Å²) >= 11 is 1.21. The molecule has 1 rings (SSSR count). The van der Waals surface area contributed by atoms with Crippen molar-refractivity contribution in [2.24, 2.45) is 0 Å². The Hall–Kier alpha value is -0.940. The molecule has 0 unspecified atom stereocenters. The van der Waals surface area contributed by atoms with Gasteiger partial charge in [-0.1, -0.05) is 26.7 Å². The molecule has 0 atom stereocenters. The van der Waals surface area contributed by atoms with Crippen LogP contribution < -0.4 is 0 Å². The van der Waals surface area contributed by atoms with Crippen LogP contribution in [0, 0.1) is 0 Å². The van der Waals surface area contributed by atoms with Gasteiger partial charge in [-0.05, 0) is 25.9 Å². The van der Waals surface area contributed by atoms with Gasteiger partial charge >= 0.3 is 5.97 Å². The SMILES string of the molecule is CCCCN(CCCC)Cc1csc(C(=O)O)n1. The van der Waals surface area contributed by atoms with E-state index >= 15 is 0 Å². The zero-order chi connectivity index (χ0) is 13.4. The van der Waals surface area contributed by atoms with Crippen molar-refractivity contribution >= 4 is 17.3 Å². The van der Waals surface area contributed by atoms with Crippen molar-refractivity contribution < 1.29 is 9.90 Å². The molecule has 0 radical (unpaired) electrons. The van der Waals surface area contributed by atoms with Crippen LogP contribution >= 0.6 is 11.3 Å². The second-order valence-corrected chi connectivity index (χ2v) is 5.29. The largest absolute Gasteiger partial charge is 0.476 e. The van der Waals surface area contributed by atoms with Crippen LogP contribution in [-0.4, -0.2) is 34.0 Å². The molecule has 0 aliphatic carbocycles. The lowest BCUT2D eigenvalue weighted by molar-refractivity contribution is 0.0696. The van der Waals surface area contributed by atoms with Crippen LogP contribution in [0.25, 0.3) is 0 Å². The molecule has 0 fully saturated rings. The van der Waals surface area contributed by atoms with Gasteiger partial charge in [0.25, 0.3) is 0 Å². The first-order chi connectivity index (χ1) is 8.67. The van der Waals surface area contributed by atoms with Crippen LogP contribution in [-0.2, 0) is 6.54 Å². The van der Waals surface area contributed by atoms with E-state index in [0.717, 1.165) is 25.3 Å². The minimum Gasteiger partial charge on any atom is -0.476 e. The van der Waals surface area contributed by atoms with Gasteiger partial charge in [-0.3, -0.25) is 4.90 Å². The van der Waals surface area contributed by atoms with Crippen molar-refractivity contribution in [2.75, 3.05) is 13.1 Å². The van der Waals surface area contributed by atoms with E-state index in [4.69, 9.17) is 5.11 Å². The van der Waals surface area contributed by atoms with E-state index in [9.17, 15) is 4.79 Å². The Morgan fingerprint density at radius 2 is 1.94 bits per heavy atom. The fourth-order valence-corrected chi connectivity index (χ4v) is 2.39. The normalized spacial score (nSPS) is 11.1. The Morgan fingerprint density at radius 1 is 1.33 bits per heavy atom. The van der Waals surface area contributed by atoms with Crippen molar-refractivity contribution in [2.45, 2.75) is 46.1 Å². The van der Waals surface area contributed by atoms with E-state index in [1.807, 2.05) is 5.38 Å². The van der Waals surface area contributed by atoms with E-state index in [0.29, 0.717) is 0 Å². The molecule has 0 bridgehead atoms. The molecule has 1 aromatic rings. The molecular formula is C13H22N2O2S. The molecule has 0 aliphatic rings. The first-order valence-corrected chi connectivity index (χ1v) is 7.45. The Bertz CT molecular complexity index is 358. The molecule has 0 aromatic carbocycles. The third-order valence-corrected chi connectivity index (χ3v) is 3.66. The van der Waals surface area contributed by atoms with Crippen molar-refractivity contribution in [1.82, 2.24) is 9.88 Å². The first kappa shape index (κ1) is 15.1. The molecule has 102 valence electrons. The zero-order valence-electron chi connectivity index (χ0n) is 11.2. The molecule has 4 nitrogen and oxygen atoms in total. The Kier molecular flexibility index (Phi) is 6.90. The van der Waals surface area contributed by atoms with Gasteiger partial charge in [-0.25, -0.2) is 9.78 Å². The van der Waals surface area contributed by atoms with E-state index in [1.54, 1.807) is 0 Å². The molecule has 1 N–H and O–H groups in total. The molecule has 0 saturated heterocycles. The molecule has 0 spiro atoms. The van der Waals surface area contributed by atoms with E-state index < -0.39 is 5.97 Å². The van der Waals surface area contributed by atoms with Crippen molar-refractivity contribution in [3.05, 3.63) is 16.1 Å². The lowest BCUT2D eigenvalue weighted by Crippen LogP contribution is -2.25. The molecule has 5 heteroatoms. The third-order valence-electron chi connectivity index (χ3n) is 2.78. The maximum Gasteiger partial charge on any atom is 0.365 e. The number of hydrogen-bond donors (Lipinski definition) is 1. The minimum atomic E-state index is -0.931. The Labute approximate surface area is 113 Å². The van der Waals surface area contributed by atoms with Gasteiger partial charge in [0, 0.05) is 11.9 Å². The number of thiazole rings is 1. The molecular weight excluding hydrogens is 248 g/mol. The Balaban J connectivity index is 2.54. The number of aromatic carboxylic acids is 1. The van der Waals surface area contributed by atoms with Crippen LogP contribution in [0.1, 0.15) is 55.0 Å². The molecule has 1 aromatic heterocycles. The second kappa shape index (κ2) is 8.21. The van der Waals surface area contributed by atoms with Crippen LogP contribution in [0.15, 0.2) is 5.38 Å². The summed E-state index contributed by atoms with van der Waals surface area (Å²) in [5.41, 5.74) is 0.879. The number of aromatic nitrogens is 1. The number of hydrogen-bond acceptors (Lipinski definition) is 4. The van der Waals surface area contributed by atoms with Crippen LogP contribution in [0.4, 0.5) is 0 Å². The van der Waals surface area contributed by atoms with Gasteiger partial charge < -0.3 is 5.11 Å². The average Bonchev–Trinajstić information content (AvgIpc) is 2.81. The van der Waals surface area contributed by atoms with Crippen molar-refractivity contribution in [3.8, 4) is 0 Å². The highest BCUT2D eigenvalue weighted by molar-refractivity contribution is 7.11. The summed E-state index contributed by atoms with van der Waals surface area (Å²) in [4.78, 5) is 17.3. The van der Waals surface area contributed by atoms with Gasteiger partial charge in [-0.2, -0.15) is 0 Å². The first-order valence-electron chi connectivity index (χ1n) is 6.57. The highest BCUT2D eigenvalue weighted by atomic mass is 32.1. The molecule has 0 aliphatic heterocycles. The average molecular weight is 270 g/mol. The molecule has 1 heterocycles. The third kappa shape index (κ3) is 5.14. The maximum atomic E-state index is 10.8. The zero-order valence-corrected chi connectivity index (χ0v) is 12.0. The second-order valence-electron chi connectivity index (χ2n) is 4.43.